The molecule has 0 bridgehead atoms. The highest BCUT2D eigenvalue weighted by Gasteiger charge is 2.62. The van der Waals surface area contributed by atoms with Gasteiger partial charge in [0.25, 0.3) is 0 Å². The molecule has 7 heteroatoms. The first-order valence-electron chi connectivity index (χ1n) is 7.25. The highest BCUT2D eigenvalue weighted by Crippen LogP contribution is 2.49. The summed E-state index contributed by atoms with van der Waals surface area (Å²) in [7, 11) is 0. The fraction of sp³-hybridized carbons (Fsp3) is 0.857. The first-order valence-corrected chi connectivity index (χ1v) is 7.25. The molecule has 0 aliphatic heterocycles. The molecule has 4 N–H and O–H groups in total. The van der Waals surface area contributed by atoms with Gasteiger partial charge in [-0.25, -0.2) is 0 Å². The minimum absolute atomic E-state index is 0. The SMILES string of the molecule is CCCNC(=O)CNC(=O)C1(N)CC(OCC)C1(C)C.Cl. The molecule has 0 heterocycles. The molecule has 0 aromatic carbocycles. The summed E-state index contributed by atoms with van der Waals surface area (Å²) in [5.74, 6) is -0.479. The Morgan fingerprint density at radius 2 is 1.90 bits per heavy atom. The molecule has 21 heavy (non-hydrogen) atoms. The number of halogens is 1. The Kier molecular flexibility index (Phi) is 7.64. The fourth-order valence-corrected chi connectivity index (χ4v) is 2.47. The minimum atomic E-state index is -0.974. The van der Waals surface area contributed by atoms with Crippen LogP contribution in [0.5, 0.6) is 0 Å². The van der Waals surface area contributed by atoms with Crippen molar-refractivity contribution in [1.82, 2.24) is 10.6 Å². The third-order valence-electron chi connectivity index (χ3n) is 4.22. The molecule has 1 rings (SSSR count). The first kappa shape index (κ1) is 20.1. The van der Waals surface area contributed by atoms with Crippen LogP contribution in [-0.4, -0.2) is 43.2 Å². The van der Waals surface area contributed by atoms with Crippen molar-refractivity contribution in [3.05, 3.63) is 0 Å². The van der Waals surface area contributed by atoms with Crippen molar-refractivity contribution >= 4 is 24.2 Å². The highest BCUT2D eigenvalue weighted by molar-refractivity contribution is 5.92. The summed E-state index contributed by atoms with van der Waals surface area (Å²) in [6.07, 6.45) is 1.33. The molecule has 2 unspecified atom stereocenters. The van der Waals surface area contributed by atoms with Crippen molar-refractivity contribution in [3.8, 4) is 0 Å². The van der Waals surface area contributed by atoms with Gasteiger partial charge in [-0.15, -0.1) is 12.4 Å². The smallest absolute Gasteiger partial charge is 0.241 e. The van der Waals surface area contributed by atoms with Gasteiger partial charge in [0, 0.05) is 25.0 Å². The molecule has 2 atom stereocenters. The lowest BCUT2D eigenvalue weighted by Gasteiger charge is -2.57. The Morgan fingerprint density at radius 1 is 1.29 bits per heavy atom. The average Bonchev–Trinajstić information content (AvgIpc) is 2.41. The van der Waals surface area contributed by atoms with Crippen molar-refractivity contribution < 1.29 is 14.3 Å². The van der Waals surface area contributed by atoms with E-state index in [0.29, 0.717) is 19.6 Å². The number of amides is 2. The van der Waals surface area contributed by atoms with Crippen LogP contribution in [-0.2, 0) is 14.3 Å². The van der Waals surface area contributed by atoms with E-state index in [-0.39, 0.29) is 36.9 Å². The van der Waals surface area contributed by atoms with Crippen LogP contribution in [0.25, 0.3) is 0 Å². The number of hydrogen-bond acceptors (Lipinski definition) is 4. The maximum absolute atomic E-state index is 12.2. The van der Waals surface area contributed by atoms with Gasteiger partial charge in [-0.3, -0.25) is 9.59 Å². The van der Waals surface area contributed by atoms with Crippen molar-refractivity contribution in [2.24, 2.45) is 11.1 Å². The summed E-state index contributed by atoms with van der Waals surface area (Å²) in [5.41, 5.74) is 4.80. The second-order valence-corrected chi connectivity index (χ2v) is 5.87. The molecule has 1 aliphatic rings. The summed E-state index contributed by atoms with van der Waals surface area (Å²) >= 11 is 0. The van der Waals surface area contributed by atoms with E-state index < -0.39 is 11.0 Å². The van der Waals surface area contributed by atoms with Gasteiger partial charge >= 0.3 is 0 Å². The molecule has 0 saturated heterocycles. The van der Waals surface area contributed by atoms with Gasteiger partial charge in [-0.05, 0) is 13.3 Å². The number of hydrogen-bond donors (Lipinski definition) is 3. The van der Waals surface area contributed by atoms with E-state index in [4.69, 9.17) is 10.5 Å². The Bertz CT molecular complexity index is 376. The quantitative estimate of drug-likeness (QED) is 0.639. The second-order valence-electron chi connectivity index (χ2n) is 5.87. The van der Waals surface area contributed by atoms with Crippen LogP contribution in [0.2, 0.25) is 0 Å². The average molecular weight is 322 g/mol. The van der Waals surface area contributed by atoms with Gasteiger partial charge in [0.2, 0.25) is 11.8 Å². The molecular formula is C14H28ClN3O3. The highest BCUT2D eigenvalue weighted by atomic mass is 35.5. The number of nitrogens with one attached hydrogen (secondary N) is 2. The lowest BCUT2D eigenvalue weighted by Crippen LogP contribution is -2.76. The normalized spacial score (nSPS) is 26.2. The van der Waals surface area contributed by atoms with Crippen LogP contribution < -0.4 is 16.4 Å². The van der Waals surface area contributed by atoms with Gasteiger partial charge in [0.05, 0.1) is 12.6 Å². The van der Waals surface area contributed by atoms with E-state index in [9.17, 15) is 9.59 Å². The molecule has 1 aliphatic carbocycles. The van der Waals surface area contributed by atoms with Crippen molar-refractivity contribution in [2.45, 2.75) is 52.2 Å². The molecule has 6 nitrogen and oxygen atoms in total. The van der Waals surface area contributed by atoms with Crippen LogP contribution in [0, 0.1) is 5.41 Å². The molecule has 124 valence electrons. The zero-order valence-corrected chi connectivity index (χ0v) is 14.1. The van der Waals surface area contributed by atoms with E-state index in [2.05, 4.69) is 10.6 Å². The number of ether oxygens (including phenoxy) is 1. The van der Waals surface area contributed by atoms with Crippen LogP contribution in [0.15, 0.2) is 0 Å². The molecular weight excluding hydrogens is 294 g/mol. The van der Waals surface area contributed by atoms with Gasteiger partial charge < -0.3 is 21.1 Å². The van der Waals surface area contributed by atoms with Gasteiger partial charge in [0.1, 0.15) is 5.54 Å². The first-order chi connectivity index (χ1) is 9.29. The number of carbonyl (C=O) groups excluding carboxylic acids is 2. The third-order valence-corrected chi connectivity index (χ3v) is 4.22. The van der Waals surface area contributed by atoms with Gasteiger partial charge in [-0.1, -0.05) is 20.8 Å². The number of carbonyl (C=O) groups is 2. The minimum Gasteiger partial charge on any atom is -0.378 e. The van der Waals surface area contributed by atoms with Crippen molar-refractivity contribution in [3.63, 3.8) is 0 Å². The predicted octanol–water partition coefficient (Wildman–Crippen LogP) is 0.583. The molecule has 1 saturated carbocycles. The van der Waals surface area contributed by atoms with Crippen LogP contribution in [0.3, 0.4) is 0 Å². The van der Waals surface area contributed by atoms with E-state index in [0.717, 1.165) is 6.42 Å². The number of nitrogens with two attached hydrogens (primary N) is 1. The Labute approximate surface area is 133 Å². The fourth-order valence-electron chi connectivity index (χ4n) is 2.47. The van der Waals surface area contributed by atoms with E-state index in [1.54, 1.807) is 0 Å². The van der Waals surface area contributed by atoms with Crippen LogP contribution in [0.1, 0.15) is 40.5 Å². The maximum Gasteiger partial charge on any atom is 0.241 e. The summed E-state index contributed by atoms with van der Waals surface area (Å²) in [6, 6.07) is 0. The molecule has 0 radical (unpaired) electrons. The second kappa shape index (κ2) is 7.96. The zero-order chi connectivity index (χ0) is 15.4. The van der Waals surface area contributed by atoms with Crippen molar-refractivity contribution in [2.75, 3.05) is 19.7 Å². The largest absolute Gasteiger partial charge is 0.378 e. The summed E-state index contributed by atoms with van der Waals surface area (Å²) < 4.78 is 5.58. The Balaban J connectivity index is 0.00000400. The van der Waals surface area contributed by atoms with Gasteiger partial charge in [-0.2, -0.15) is 0 Å². The van der Waals surface area contributed by atoms with Crippen LogP contribution in [0.4, 0.5) is 0 Å². The molecule has 2 amide bonds. The predicted molar refractivity (Wildman–Crippen MR) is 84.3 cm³/mol. The molecule has 0 spiro atoms. The van der Waals surface area contributed by atoms with E-state index in [1.165, 1.54) is 0 Å². The Hall–Kier alpha value is -0.850. The van der Waals surface area contributed by atoms with Gasteiger partial charge in [0.15, 0.2) is 0 Å². The molecule has 0 aromatic heterocycles. The summed E-state index contributed by atoms with van der Waals surface area (Å²) in [5, 5.41) is 5.33. The molecule has 0 aromatic rings. The van der Waals surface area contributed by atoms with Crippen LogP contribution >= 0.6 is 12.4 Å². The Morgan fingerprint density at radius 3 is 2.38 bits per heavy atom. The zero-order valence-electron chi connectivity index (χ0n) is 13.3. The summed E-state index contributed by atoms with van der Waals surface area (Å²) in [4.78, 5) is 23.7. The van der Waals surface area contributed by atoms with E-state index in [1.807, 2.05) is 27.7 Å². The topological polar surface area (TPSA) is 93.5 Å². The van der Waals surface area contributed by atoms with E-state index >= 15 is 0 Å². The van der Waals surface area contributed by atoms with Crippen molar-refractivity contribution in [1.29, 1.82) is 0 Å². The lowest BCUT2D eigenvalue weighted by atomic mass is 9.54. The number of rotatable bonds is 7. The summed E-state index contributed by atoms with van der Waals surface area (Å²) in [6.45, 7) is 8.92. The third kappa shape index (κ3) is 4.08. The lowest BCUT2D eigenvalue weighted by molar-refractivity contribution is -0.170. The monoisotopic (exact) mass is 321 g/mol. The maximum atomic E-state index is 12.2. The molecule has 1 fully saturated rings. The standard InChI is InChI=1S/C14H27N3O3.ClH/c1-5-7-16-11(18)9-17-12(19)14(15)8-10(20-6-2)13(14,3)4;/h10H,5-9,15H2,1-4H3,(H,16,18)(H,17,19);1H.